The molecule has 0 aliphatic heterocycles. The van der Waals surface area contributed by atoms with Gasteiger partial charge in [-0.3, -0.25) is 9.59 Å². The predicted molar refractivity (Wildman–Crippen MR) is 115 cm³/mol. The van der Waals surface area contributed by atoms with Gasteiger partial charge in [-0.15, -0.1) is 0 Å². The quantitative estimate of drug-likeness (QED) is 0.342. The molecule has 1 aromatic carbocycles. The van der Waals surface area contributed by atoms with Gasteiger partial charge in [0.05, 0.1) is 18.8 Å². The average molecular weight is 415 g/mol. The van der Waals surface area contributed by atoms with Crippen molar-refractivity contribution in [2.75, 3.05) is 13.1 Å². The molecule has 0 atom stereocenters. The van der Waals surface area contributed by atoms with Crippen molar-refractivity contribution in [3.8, 4) is 0 Å². The first-order chi connectivity index (χ1) is 14.5. The standard InChI is InChI=1S/C21H30N6O3/c1-4-17-16(18(5-2)30-27-17)12-26-21(23-6-3)25-11-14-7-9-15(10-8-14)20(29)24-13-19(22)28/h7-10H,4-6,11-13H2,1-3H3,(H2,22,28)(H,24,29)(H2,23,25,26). The molecule has 2 rings (SSSR count). The van der Waals surface area contributed by atoms with Gasteiger partial charge in [-0.2, -0.15) is 0 Å². The third-order valence-corrected chi connectivity index (χ3v) is 4.44. The van der Waals surface area contributed by atoms with E-state index in [2.05, 4.69) is 33.0 Å². The lowest BCUT2D eigenvalue weighted by molar-refractivity contribution is -0.117. The van der Waals surface area contributed by atoms with E-state index in [9.17, 15) is 9.59 Å². The monoisotopic (exact) mass is 414 g/mol. The van der Waals surface area contributed by atoms with Crippen LogP contribution in [0.1, 0.15) is 53.7 Å². The van der Waals surface area contributed by atoms with Crippen LogP contribution >= 0.6 is 0 Å². The lowest BCUT2D eigenvalue weighted by Crippen LogP contribution is -2.37. The van der Waals surface area contributed by atoms with Crippen LogP contribution in [0.5, 0.6) is 0 Å². The maximum absolute atomic E-state index is 11.9. The van der Waals surface area contributed by atoms with E-state index in [1.54, 1.807) is 12.1 Å². The zero-order chi connectivity index (χ0) is 21.9. The lowest BCUT2D eigenvalue weighted by atomic mass is 10.1. The smallest absolute Gasteiger partial charge is 0.251 e. The van der Waals surface area contributed by atoms with Crippen LogP contribution < -0.4 is 21.7 Å². The van der Waals surface area contributed by atoms with Crippen LogP contribution in [0.2, 0.25) is 0 Å². The van der Waals surface area contributed by atoms with Gasteiger partial charge in [0.25, 0.3) is 5.91 Å². The number of aliphatic imine (C=N–C) groups is 1. The van der Waals surface area contributed by atoms with Crippen molar-refractivity contribution >= 4 is 17.8 Å². The van der Waals surface area contributed by atoms with Crippen LogP contribution in [-0.4, -0.2) is 36.0 Å². The first-order valence-corrected chi connectivity index (χ1v) is 10.1. The van der Waals surface area contributed by atoms with Gasteiger partial charge in [-0.05, 0) is 31.0 Å². The van der Waals surface area contributed by atoms with Crippen molar-refractivity contribution in [2.24, 2.45) is 10.7 Å². The minimum Gasteiger partial charge on any atom is -0.368 e. The first kappa shape index (κ1) is 22.9. The Kier molecular flexibility index (Phi) is 8.86. The number of nitrogens with one attached hydrogen (secondary N) is 3. The zero-order valence-corrected chi connectivity index (χ0v) is 17.7. The number of rotatable bonds is 10. The second kappa shape index (κ2) is 11.6. The molecular weight excluding hydrogens is 384 g/mol. The summed E-state index contributed by atoms with van der Waals surface area (Å²) in [5, 5.41) is 13.2. The van der Waals surface area contributed by atoms with Gasteiger partial charge in [0.2, 0.25) is 5.91 Å². The summed E-state index contributed by atoms with van der Waals surface area (Å²) in [7, 11) is 0. The fourth-order valence-corrected chi connectivity index (χ4v) is 2.85. The molecule has 0 bridgehead atoms. The number of benzene rings is 1. The number of nitrogens with zero attached hydrogens (tertiary/aromatic N) is 2. The summed E-state index contributed by atoms with van der Waals surface area (Å²) < 4.78 is 5.41. The highest BCUT2D eigenvalue weighted by Gasteiger charge is 2.13. The normalized spacial score (nSPS) is 11.2. The van der Waals surface area contributed by atoms with Gasteiger partial charge in [-0.1, -0.05) is 31.1 Å². The number of aryl methyl sites for hydroxylation is 2. The van der Waals surface area contributed by atoms with E-state index < -0.39 is 5.91 Å². The molecule has 9 heteroatoms. The maximum Gasteiger partial charge on any atom is 0.251 e. The predicted octanol–water partition coefficient (Wildman–Crippen LogP) is 1.27. The van der Waals surface area contributed by atoms with Gasteiger partial charge in [0.1, 0.15) is 5.76 Å². The number of hydrogen-bond acceptors (Lipinski definition) is 5. The summed E-state index contributed by atoms with van der Waals surface area (Å²) in [6.07, 6.45) is 1.60. The number of amides is 2. The number of guanidine groups is 1. The third-order valence-electron chi connectivity index (χ3n) is 4.44. The van der Waals surface area contributed by atoms with E-state index in [-0.39, 0.29) is 12.5 Å². The van der Waals surface area contributed by atoms with Crippen molar-refractivity contribution in [1.29, 1.82) is 0 Å². The number of nitrogens with two attached hydrogens (primary N) is 1. The molecule has 1 heterocycles. The summed E-state index contributed by atoms with van der Waals surface area (Å²) in [6, 6.07) is 7.05. The van der Waals surface area contributed by atoms with Crippen LogP contribution in [0.4, 0.5) is 0 Å². The highest BCUT2D eigenvalue weighted by atomic mass is 16.5. The molecule has 0 radical (unpaired) electrons. The molecular formula is C21H30N6O3. The fraction of sp³-hybridized carbons (Fsp3) is 0.429. The van der Waals surface area contributed by atoms with Crippen molar-refractivity contribution < 1.29 is 14.1 Å². The number of hydrogen-bond donors (Lipinski definition) is 4. The molecule has 0 saturated carbocycles. The van der Waals surface area contributed by atoms with Gasteiger partial charge in [0.15, 0.2) is 5.96 Å². The molecule has 0 unspecified atom stereocenters. The van der Waals surface area contributed by atoms with Crippen molar-refractivity contribution in [2.45, 2.75) is 46.7 Å². The Morgan fingerprint density at radius 1 is 1.07 bits per heavy atom. The second-order valence-electron chi connectivity index (χ2n) is 6.63. The van der Waals surface area contributed by atoms with Gasteiger partial charge >= 0.3 is 0 Å². The number of carbonyl (C=O) groups is 2. The minimum absolute atomic E-state index is 0.186. The van der Waals surface area contributed by atoms with E-state index in [0.717, 1.165) is 42.0 Å². The Labute approximate surface area is 176 Å². The third kappa shape index (κ3) is 6.61. The fourth-order valence-electron chi connectivity index (χ4n) is 2.85. The summed E-state index contributed by atoms with van der Waals surface area (Å²) >= 11 is 0. The van der Waals surface area contributed by atoms with E-state index in [1.165, 1.54) is 0 Å². The maximum atomic E-state index is 11.9. The van der Waals surface area contributed by atoms with Crippen LogP contribution in [0.15, 0.2) is 33.8 Å². The van der Waals surface area contributed by atoms with Crippen molar-refractivity contribution in [3.05, 3.63) is 52.4 Å². The molecule has 9 nitrogen and oxygen atoms in total. The SMILES string of the molecule is CCNC(=NCc1ccc(C(=O)NCC(N)=O)cc1)NCc1c(CC)noc1CC. The summed E-state index contributed by atoms with van der Waals surface area (Å²) in [5.41, 5.74) is 8.48. The second-order valence-corrected chi connectivity index (χ2v) is 6.63. The molecule has 0 spiro atoms. The lowest BCUT2D eigenvalue weighted by Gasteiger charge is -2.12. The Morgan fingerprint density at radius 2 is 1.80 bits per heavy atom. The van der Waals surface area contributed by atoms with Crippen molar-refractivity contribution in [3.63, 3.8) is 0 Å². The molecule has 0 aliphatic carbocycles. The molecule has 162 valence electrons. The van der Waals surface area contributed by atoms with Crippen LogP contribution in [0.25, 0.3) is 0 Å². The Balaban J connectivity index is 2.00. The van der Waals surface area contributed by atoms with E-state index in [0.29, 0.717) is 24.6 Å². The minimum atomic E-state index is -0.582. The van der Waals surface area contributed by atoms with Gasteiger partial charge in [-0.25, -0.2) is 4.99 Å². The number of carbonyl (C=O) groups excluding carboxylic acids is 2. The Morgan fingerprint density at radius 3 is 2.40 bits per heavy atom. The highest BCUT2D eigenvalue weighted by molar-refractivity contribution is 5.96. The Hall–Kier alpha value is -3.36. The number of primary amides is 1. The molecule has 5 N–H and O–H groups in total. The average Bonchev–Trinajstić information content (AvgIpc) is 3.16. The molecule has 1 aromatic heterocycles. The van der Waals surface area contributed by atoms with Crippen LogP contribution in [0, 0.1) is 0 Å². The summed E-state index contributed by atoms with van der Waals surface area (Å²) in [5.74, 6) is 0.651. The number of aromatic nitrogens is 1. The van der Waals surface area contributed by atoms with Gasteiger partial charge < -0.3 is 26.2 Å². The Bertz CT molecular complexity index is 852. The highest BCUT2D eigenvalue weighted by Crippen LogP contribution is 2.15. The molecule has 30 heavy (non-hydrogen) atoms. The molecule has 0 fully saturated rings. The molecule has 2 aromatic rings. The zero-order valence-electron chi connectivity index (χ0n) is 17.7. The molecule has 0 aliphatic rings. The van der Waals surface area contributed by atoms with Crippen molar-refractivity contribution in [1.82, 2.24) is 21.1 Å². The summed E-state index contributed by atoms with van der Waals surface area (Å²) in [6.45, 7) is 7.68. The van der Waals surface area contributed by atoms with Crippen LogP contribution in [-0.2, 0) is 30.7 Å². The molecule has 2 amide bonds. The summed E-state index contributed by atoms with van der Waals surface area (Å²) in [4.78, 5) is 27.3. The van der Waals surface area contributed by atoms with E-state index in [1.807, 2.05) is 26.0 Å². The van der Waals surface area contributed by atoms with Gasteiger partial charge in [0, 0.05) is 30.6 Å². The topological polar surface area (TPSA) is 135 Å². The largest absolute Gasteiger partial charge is 0.368 e. The van der Waals surface area contributed by atoms with Crippen LogP contribution in [0.3, 0.4) is 0 Å². The van der Waals surface area contributed by atoms with E-state index in [4.69, 9.17) is 10.3 Å². The first-order valence-electron chi connectivity index (χ1n) is 10.1. The van der Waals surface area contributed by atoms with E-state index >= 15 is 0 Å². The molecule has 0 saturated heterocycles.